The van der Waals surface area contributed by atoms with Crippen LogP contribution in [0.15, 0.2) is 41.8 Å². The Balaban J connectivity index is 1.65. The number of unbranched alkanes of at least 4 members (excludes halogenated alkanes) is 1. The number of nitrogens with two attached hydrogens (primary N) is 2. The lowest BCUT2D eigenvalue weighted by Crippen LogP contribution is -2.61. The van der Waals surface area contributed by atoms with Crippen LogP contribution in [0.4, 0.5) is 0 Å². The molecule has 2 aromatic rings. The maximum Gasteiger partial charge on any atom is 0.246 e. The van der Waals surface area contributed by atoms with Crippen molar-refractivity contribution >= 4 is 70.4 Å². The first kappa shape index (κ1) is 48.5. The van der Waals surface area contributed by atoms with Crippen molar-refractivity contribution in [2.75, 3.05) is 31.1 Å². The van der Waals surface area contributed by atoms with Crippen molar-refractivity contribution in [1.82, 2.24) is 36.8 Å². The van der Waals surface area contributed by atoms with Gasteiger partial charge in [-0.1, -0.05) is 32.0 Å². The maximum absolute atomic E-state index is 14.2. The number of primary amides is 1. The van der Waals surface area contributed by atoms with E-state index in [-0.39, 0.29) is 43.2 Å². The third-order valence-electron chi connectivity index (χ3n) is 10.3. The number of hydrogen-bond donors (Lipinski definition) is 9. The summed E-state index contributed by atoms with van der Waals surface area (Å²) >= 11 is 2.63. The van der Waals surface area contributed by atoms with Crippen molar-refractivity contribution in [3.63, 3.8) is 0 Å². The van der Waals surface area contributed by atoms with Crippen molar-refractivity contribution in [3.05, 3.63) is 52.2 Å². The summed E-state index contributed by atoms with van der Waals surface area (Å²) in [7, 11) is 0. The van der Waals surface area contributed by atoms with Crippen LogP contribution < -0.4 is 43.4 Å². The average molecular weight is 886 g/mol. The predicted molar refractivity (Wildman–Crippen MR) is 231 cm³/mol. The van der Waals surface area contributed by atoms with Gasteiger partial charge in [0.15, 0.2) is 0 Å². The van der Waals surface area contributed by atoms with E-state index in [2.05, 4.69) is 31.9 Å². The minimum absolute atomic E-state index is 0.00223. The number of phenolic OH excluding ortho intramolecular Hbond substituents is 1. The highest BCUT2D eigenvalue weighted by atomic mass is 32.2. The molecular weight excluding hydrogens is 827 g/mol. The Kier molecular flexibility index (Phi) is 19.3. The molecule has 2 saturated heterocycles. The first-order valence-electron chi connectivity index (χ1n) is 20.6. The molecule has 0 spiro atoms. The summed E-state index contributed by atoms with van der Waals surface area (Å²) in [5.41, 5.74) is 11.7. The number of hydrogen-bond acceptors (Lipinski definition) is 12. The summed E-state index contributed by atoms with van der Waals surface area (Å²) in [5.74, 6) is -5.45. The lowest BCUT2D eigenvalue weighted by molar-refractivity contribution is -0.141. The Morgan fingerprint density at radius 3 is 2.23 bits per heavy atom. The van der Waals surface area contributed by atoms with Gasteiger partial charge in [-0.3, -0.25) is 38.4 Å². The number of amides is 8. The number of carbonyl (C=O) groups is 8. The van der Waals surface area contributed by atoms with E-state index in [1.165, 1.54) is 40.1 Å². The number of benzene rings is 1. The van der Waals surface area contributed by atoms with Gasteiger partial charge in [0.1, 0.15) is 42.0 Å². The van der Waals surface area contributed by atoms with Gasteiger partial charge in [-0.15, -0.1) is 11.3 Å². The minimum Gasteiger partial charge on any atom is -0.508 e. The Labute approximate surface area is 363 Å². The second kappa shape index (κ2) is 24.3. The van der Waals surface area contributed by atoms with Gasteiger partial charge < -0.3 is 53.4 Å². The van der Waals surface area contributed by atoms with E-state index in [9.17, 15) is 43.5 Å². The molecule has 6 atom stereocenters. The molecule has 61 heavy (non-hydrogen) atoms. The number of nitrogens with one attached hydrogen (secondary N) is 6. The summed E-state index contributed by atoms with van der Waals surface area (Å²) in [6.45, 7) is 4.46. The largest absolute Gasteiger partial charge is 0.508 e. The van der Waals surface area contributed by atoms with Crippen LogP contribution in [0.25, 0.3) is 0 Å². The van der Waals surface area contributed by atoms with Gasteiger partial charge in [0.05, 0.1) is 6.42 Å². The van der Waals surface area contributed by atoms with Gasteiger partial charge in [-0.25, -0.2) is 0 Å². The summed E-state index contributed by atoms with van der Waals surface area (Å²) in [5, 5.41) is 28.0. The monoisotopic (exact) mass is 885 g/mol. The van der Waals surface area contributed by atoms with Crippen LogP contribution in [-0.4, -0.2) is 125 Å². The van der Waals surface area contributed by atoms with Gasteiger partial charge in [0, 0.05) is 43.0 Å². The van der Waals surface area contributed by atoms with Crippen molar-refractivity contribution in [2.24, 2.45) is 17.4 Å². The summed E-state index contributed by atoms with van der Waals surface area (Å²) in [4.78, 5) is 111. The fourth-order valence-electron chi connectivity index (χ4n) is 7.00. The molecule has 18 nitrogen and oxygen atoms in total. The van der Waals surface area contributed by atoms with E-state index in [1.54, 1.807) is 38.1 Å². The molecule has 2 fully saturated rings. The molecule has 0 unspecified atom stereocenters. The molecule has 0 aliphatic carbocycles. The molecule has 2 aliphatic heterocycles. The summed E-state index contributed by atoms with van der Waals surface area (Å²) in [6, 6.07) is 2.61. The molecule has 11 N–H and O–H groups in total. The SMILES string of the molecule is CC(C)[C@@H]1NC(=O)[C@H](Cc2cccs2)NC(=O)[C@H](Cc2ccc(O)cc2)NC(=O)CCCSC[C@@H](C(=O)N2CCC[C@H]2C(=O)NCCCCN)NC(=O)[C@H](CC(N)=O)NC1=O. The van der Waals surface area contributed by atoms with Gasteiger partial charge in [-0.05, 0) is 79.5 Å². The second-order valence-corrected chi connectivity index (χ2v) is 17.7. The first-order chi connectivity index (χ1) is 29.2. The van der Waals surface area contributed by atoms with Gasteiger partial charge >= 0.3 is 0 Å². The predicted octanol–water partition coefficient (Wildman–Crippen LogP) is -0.433. The number of thiophene rings is 1. The maximum atomic E-state index is 14.2. The minimum atomic E-state index is -1.54. The number of rotatable bonds is 13. The average Bonchev–Trinajstić information content (AvgIpc) is 3.93. The molecule has 3 heterocycles. The van der Waals surface area contributed by atoms with Crippen LogP contribution in [0, 0.1) is 5.92 Å². The molecule has 4 rings (SSSR count). The van der Waals surface area contributed by atoms with Gasteiger partial charge in [-0.2, -0.15) is 11.8 Å². The van der Waals surface area contributed by atoms with Crippen molar-refractivity contribution in [3.8, 4) is 5.75 Å². The van der Waals surface area contributed by atoms with Crippen molar-refractivity contribution in [2.45, 2.75) is 108 Å². The fraction of sp³-hybridized carbons (Fsp3) is 0.561. The van der Waals surface area contributed by atoms with Crippen LogP contribution in [0.5, 0.6) is 5.75 Å². The fourth-order valence-corrected chi connectivity index (χ4v) is 8.73. The van der Waals surface area contributed by atoms with E-state index >= 15 is 0 Å². The molecule has 1 aromatic heterocycles. The number of likely N-dealkylation sites (tertiary alicyclic amines) is 1. The Morgan fingerprint density at radius 2 is 1.56 bits per heavy atom. The zero-order chi connectivity index (χ0) is 44.5. The molecule has 20 heteroatoms. The molecule has 0 bridgehead atoms. The molecule has 0 radical (unpaired) electrons. The number of nitrogens with zero attached hydrogens (tertiary/aromatic N) is 1. The third kappa shape index (κ3) is 15.3. The van der Waals surface area contributed by atoms with E-state index in [0.29, 0.717) is 50.1 Å². The topological polar surface area (TPSA) is 284 Å². The van der Waals surface area contributed by atoms with Crippen molar-refractivity contribution in [1.29, 1.82) is 0 Å². The molecule has 1 aromatic carbocycles. The van der Waals surface area contributed by atoms with Gasteiger partial charge in [0.25, 0.3) is 0 Å². The van der Waals surface area contributed by atoms with Gasteiger partial charge in [0.2, 0.25) is 47.3 Å². The number of carbonyl (C=O) groups excluding carboxylic acids is 8. The van der Waals surface area contributed by atoms with Crippen molar-refractivity contribution < 1.29 is 43.5 Å². The highest BCUT2D eigenvalue weighted by Crippen LogP contribution is 2.21. The smallest absolute Gasteiger partial charge is 0.246 e. The van der Waals surface area contributed by atoms with E-state index in [1.807, 2.05) is 5.38 Å². The Bertz CT molecular complexity index is 1830. The molecular formula is C41H59N9O9S2. The number of aromatic hydroxyl groups is 1. The Morgan fingerprint density at radius 1 is 0.869 bits per heavy atom. The zero-order valence-corrected chi connectivity index (χ0v) is 36.2. The summed E-state index contributed by atoms with van der Waals surface area (Å²) < 4.78 is 0. The second-order valence-electron chi connectivity index (χ2n) is 15.5. The highest BCUT2D eigenvalue weighted by molar-refractivity contribution is 7.99. The number of phenols is 1. The standard InChI is InChI=1S/C41H59N9O9S2/c1-24(2)35-40(58)47-30(22-33(43)52)37(55)48-31(41(59)50-17-5-9-32(50)39(57)44-16-4-3-15-42)23-60-18-7-10-34(53)45-28(20-25-11-13-26(51)14-12-25)36(54)46-29(38(56)49-35)21-27-8-6-19-61-27/h6,8,11-14,19,24,28-32,35,51H,3-5,7,9-10,15-18,20-23,42H2,1-2H3,(H2,43,52)(H,44,57)(H,45,53)(H,46,54)(H,47,58)(H,48,55)(H,49,56)/t28-,29-,30-,31-,32-,35-/m0/s1. The van der Waals surface area contributed by atoms with Crippen LogP contribution >= 0.6 is 23.1 Å². The quantitative estimate of drug-likeness (QED) is 0.116. The van der Waals surface area contributed by atoms with E-state index in [4.69, 9.17) is 11.5 Å². The first-order valence-corrected chi connectivity index (χ1v) is 22.7. The lowest BCUT2D eigenvalue weighted by atomic mass is 10.0. The molecule has 0 saturated carbocycles. The van der Waals surface area contributed by atoms with Crippen LogP contribution in [-0.2, 0) is 51.2 Å². The molecule has 8 amide bonds. The van der Waals surface area contributed by atoms with Crippen LogP contribution in [0.2, 0.25) is 0 Å². The Hall–Kier alpha value is -5.21. The highest BCUT2D eigenvalue weighted by Gasteiger charge is 2.39. The third-order valence-corrected chi connectivity index (χ3v) is 12.3. The normalized spacial score (nSPS) is 23.9. The summed E-state index contributed by atoms with van der Waals surface area (Å²) in [6.07, 6.45) is 2.13. The van der Waals surface area contributed by atoms with E-state index in [0.717, 1.165) is 11.3 Å². The van der Waals surface area contributed by atoms with Crippen LogP contribution in [0.1, 0.15) is 69.2 Å². The number of thioether (sulfide) groups is 1. The lowest BCUT2D eigenvalue weighted by Gasteiger charge is -2.30. The van der Waals surface area contributed by atoms with E-state index < -0.39 is 89.9 Å². The van der Waals surface area contributed by atoms with Crippen LogP contribution in [0.3, 0.4) is 0 Å². The molecule has 2 aliphatic rings. The zero-order valence-electron chi connectivity index (χ0n) is 34.6. The molecule has 334 valence electrons.